The minimum Gasteiger partial charge on any atom is -0.508 e. The molecule has 1 aliphatic carbocycles. The van der Waals surface area contributed by atoms with E-state index in [9.17, 15) is 9.90 Å². The maximum absolute atomic E-state index is 13.1. The molecule has 1 aliphatic heterocycles. The molecule has 3 nitrogen and oxygen atoms in total. The number of anilines is 1. The number of β-lactam (4-membered cyclic amide) rings is 1. The molecule has 0 bridgehead atoms. The molecule has 1 saturated carbocycles. The van der Waals surface area contributed by atoms with Gasteiger partial charge in [-0.15, -0.1) is 0 Å². The lowest BCUT2D eigenvalue weighted by Gasteiger charge is -2.58. The van der Waals surface area contributed by atoms with Gasteiger partial charge in [0.15, 0.2) is 0 Å². The Morgan fingerprint density at radius 1 is 0.958 bits per heavy atom. The summed E-state index contributed by atoms with van der Waals surface area (Å²) >= 11 is 3.49. The zero-order valence-corrected chi connectivity index (χ0v) is 15.0. The first-order valence-corrected chi connectivity index (χ1v) is 9.29. The fourth-order valence-corrected chi connectivity index (χ4v) is 4.58. The smallest absolute Gasteiger partial charge is 0.236 e. The molecule has 1 amide bonds. The Bertz CT molecular complexity index is 748. The number of carbonyl (C=O) groups is 1. The van der Waals surface area contributed by atoms with Gasteiger partial charge in [0.2, 0.25) is 5.91 Å². The molecule has 124 valence electrons. The fourth-order valence-electron chi connectivity index (χ4n) is 4.32. The van der Waals surface area contributed by atoms with E-state index in [0.717, 1.165) is 35.8 Å². The Balaban J connectivity index is 1.76. The van der Waals surface area contributed by atoms with E-state index in [1.165, 1.54) is 12.0 Å². The van der Waals surface area contributed by atoms with E-state index in [-0.39, 0.29) is 23.1 Å². The minimum absolute atomic E-state index is 0.0861. The van der Waals surface area contributed by atoms with Crippen LogP contribution in [0.3, 0.4) is 0 Å². The second kappa shape index (κ2) is 5.92. The topological polar surface area (TPSA) is 40.5 Å². The van der Waals surface area contributed by atoms with Crippen LogP contribution in [-0.4, -0.2) is 11.0 Å². The number of phenolic OH excluding ortho intramolecular Hbond substituents is 1. The molecule has 2 aromatic carbocycles. The van der Waals surface area contributed by atoms with E-state index in [0.29, 0.717) is 0 Å². The van der Waals surface area contributed by atoms with E-state index >= 15 is 0 Å². The number of rotatable bonds is 2. The number of halogens is 1. The van der Waals surface area contributed by atoms with Gasteiger partial charge in [-0.2, -0.15) is 0 Å². The standard InChI is InChI=1S/C20H20BrNO2/c21-15-6-4-14(5-7-15)18-20(12-2-1-3-13-20)19(24)22(18)16-8-10-17(23)11-9-16/h4-11,18,23H,1-3,12-13H2. The van der Waals surface area contributed by atoms with Crippen LogP contribution in [0.15, 0.2) is 53.0 Å². The molecule has 1 saturated heterocycles. The molecule has 2 aliphatic rings. The van der Waals surface area contributed by atoms with Crippen LogP contribution < -0.4 is 4.90 Å². The van der Waals surface area contributed by atoms with Crippen molar-refractivity contribution in [2.24, 2.45) is 5.41 Å². The first kappa shape index (κ1) is 15.7. The van der Waals surface area contributed by atoms with E-state index in [1.807, 2.05) is 29.2 Å². The van der Waals surface area contributed by atoms with Crippen LogP contribution in [-0.2, 0) is 4.79 Å². The molecular weight excluding hydrogens is 366 g/mol. The van der Waals surface area contributed by atoms with Gasteiger partial charge in [-0.1, -0.05) is 47.3 Å². The second-order valence-corrected chi connectivity index (χ2v) is 7.78. The van der Waals surface area contributed by atoms with Gasteiger partial charge < -0.3 is 10.0 Å². The van der Waals surface area contributed by atoms with Crippen molar-refractivity contribution in [3.63, 3.8) is 0 Å². The first-order chi connectivity index (χ1) is 11.6. The number of benzene rings is 2. The van der Waals surface area contributed by atoms with Crippen LogP contribution in [0.2, 0.25) is 0 Å². The summed E-state index contributed by atoms with van der Waals surface area (Å²) in [5.74, 6) is 0.458. The van der Waals surface area contributed by atoms with Crippen LogP contribution in [0.1, 0.15) is 43.7 Å². The third-order valence-electron chi connectivity index (χ3n) is 5.49. The van der Waals surface area contributed by atoms with Crippen molar-refractivity contribution >= 4 is 27.5 Å². The quantitative estimate of drug-likeness (QED) is 0.722. The highest BCUT2D eigenvalue weighted by Gasteiger charge is 2.61. The number of hydrogen-bond acceptors (Lipinski definition) is 2. The molecule has 1 N–H and O–H groups in total. The van der Waals surface area contributed by atoms with Crippen molar-refractivity contribution in [1.29, 1.82) is 0 Å². The Morgan fingerprint density at radius 3 is 2.21 bits per heavy atom. The van der Waals surface area contributed by atoms with E-state index in [1.54, 1.807) is 12.1 Å². The molecule has 4 rings (SSSR count). The van der Waals surface area contributed by atoms with E-state index in [4.69, 9.17) is 0 Å². The van der Waals surface area contributed by atoms with Gasteiger partial charge in [-0.3, -0.25) is 4.79 Å². The summed E-state index contributed by atoms with van der Waals surface area (Å²) in [6.07, 6.45) is 5.42. The Morgan fingerprint density at radius 2 is 1.58 bits per heavy atom. The Labute approximate surface area is 150 Å². The highest BCUT2D eigenvalue weighted by molar-refractivity contribution is 9.10. The normalized spacial score (nSPS) is 22.5. The molecule has 1 atom stereocenters. The lowest BCUT2D eigenvalue weighted by molar-refractivity contribution is -0.143. The van der Waals surface area contributed by atoms with Gasteiger partial charge in [0.1, 0.15) is 5.75 Å². The van der Waals surface area contributed by atoms with Crippen molar-refractivity contribution < 1.29 is 9.90 Å². The number of phenols is 1. The Hall–Kier alpha value is -1.81. The molecular formula is C20H20BrNO2. The van der Waals surface area contributed by atoms with Crippen molar-refractivity contribution in [2.75, 3.05) is 4.90 Å². The molecule has 1 heterocycles. The predicted molar refractivity (Wildman–Crippen MR) is 98.0 cm³/mol. The molecule has 0 aromatic heterocycles. The van der Waals surface area contributed by atoms with Gasteiger partial charge in [0, 0.05) is 10.2 Å². The van der Waals surface area contributed by atoms with E-state index in [2.05, 4.69) is 28.1 Å². The zero-order chi connectivity index (χ0) is 16.7. The number of hydrogen-bond donors (Lipinski definition) is 1. The summed E-state index contributed by atoms with van der Waals surface area (Å²) in [6, 6.07) is 15.4. The Kier molecular flexibility index (Phi) is 3.87. The molecule has 24 heavy (non-hydrogen) atoms. The summed E-state index contributed by atoms with van der Waals surface area (Å²) in [5.41, 5.74) is 1.80. The number of aromatic hydroxyl groups is 1. The first-order valence-electron chi connectivity index (χ1n) is 8.50. The summed E-state index contributed by atoms with van der Waals surface area (Å²) in [7, 11) is 0. The zero-order valence-electron chi connectivity index (χ0n) is 13.4. The molecule has 4 heteroatoms. The lowest BCUT2D eigenvalue weighted by atomic mass is 9.60. The molecule has 1 spiro atoms. The SMILES string of the molecule is O=C1N(c2ccc(O)cc2)C(c2ccc(Br)cc2)C12CCCCC2. The summed E-state index contributed by atoms with van der Waals surface area (Å²) in [6.45, 7) is 0. The van der Waals surface area contributed by atoms with Crippen LogP contribution >= 0.6 is 15.9 Å². The van der Waals surface area contributed by atoms with Gasteiger partial charge >= 0.3 is 0 Å². The molecule has 1 unspecified atom stereocenters. The van der Waals surface area contributed by atoms with Crippen molar-refractivity contribution in [1.82, 2.24) is 0 Å². The summed E-state index contributed by atoms with van der Waals surface area (Å²) in [4.78, 5) is 15.0. The van der Waals surface area contributed by atoms with Crippen molar-refractivity contribution in [3.05, 3.63) is 58.6 Å². The third-order valence-corrected chi connectivity index (χ3v) is 6.01. The molecule has 2 fully saturated rings. The number of carbonyl (C=O) groups excluding carboxylic acids is 1. The largest absolute Gasteiger partial charge is 0.508 e. The van der Waals surface area contributed by atoms with Crippen LogP contribution in [0.25, 0.3) is 0 Å². The van der Waals surface area contributed by atoms with Crippen LogP contribution in [0.5, 0.6) is 5.75 Å². The lowest BCUT2D eigenvalue weighted by Crippen LogP contribution is -2.64. The molecule has 0 radical (unpaired) electrons. The van der Waals surface area contributed by atoms with Crippen LogP contribution in [0, 0.1) is 5.41 Å². The van der Waals surface area contributed by atoms with Gasteiger partial charge in [0.25, 0.3) is 0 Å². The van der Waals surface area contributed by atoms with Crippen molar-refractivity contribution in [3.8, 4) is 5.75 Å². The van der Waals surface area contributed by atoms with Crippen molar-refractivity contribution in [2.45, 2.75) is 38.1 Å². The molecule has 2 aromatic rings. The van der Waals surface area contributed by atoms with Crippen LogP contribution in [0.4, 0.5) is 5.69 Å². The average molecular weight is 386 g/mol. The summed E-state index contributed by atoms with van der Waals surface area (Å²) in [5, 5.41) is 9.54. The average Bonchev–Trinajstić information content (AvgIpc) is 2.62. The second-order valence-electron chi connectivity index (χ2n) is 6.86. The van der Waals surface area contributed by atoms with E-state index < -0.39 is 0 Å². The van der Waals surface area contributed by atoms with Gasteiger partial charge in [0.05, 0.1) is 11.5 Å². The number of amides is 1. The minimum atomic E-state index is -0.246. The summed E-state index contributed by atoms with van der Waals surface area (Å²) < 4.78 is 1.05. The highest BCUT2D eigenvalue weighted by Crippen LogP contribution is 2.59. The van der Waals surface area contributed by atoms with Gasteiger partial charge in [-0.05, 0) is 54.8 Å². The number of nitrogens with zero attached hydrogens (tertiary/aromatic N) is 1. The predicted octanol–water partition coefficient (Wildman–Crippen LogP) is 5.19. The maximum Gasteiger partial charge on any atom is 0.236 e. The van der Waals surface area contributed by atoms with Gasteiger partial charge in [-0.25, -0.2) is 0 Å². The third kappa shape index (κ3) is 2.35. The fraction of sp³-hybridized carbons (Fsp3) is 0.350. The monoisotopic (exact) mass is 385 g/mol. The maximum atomic E-state index is 13.1. The highest BCUT2D eigenvalue weighted by atomic mass is 79.9.